The number of ether oxygens (including phenoxy) is 2. The Kier molecular flexibility index (Phi) is 6.58. The fourth-order valence-corrected chi connectivity index (χ4v) is 2.17. The van der Waals surface area contributed by atoms with E-state index in [4.69, 9.17) is 9.47 Å². The molecule has 1 aliphatic heterocycles. The summed E-state index contributed by atoms with van der Waals surface area (Å²) >= 11 is 0. The molecule has 0 spiro atoms. The van der Waals surface area contributed by atoms with Crippen LogP contribution < -0.4 is 5.32 Å². The molecular formula is C14H28N2O3. The van der Waals surface area contributed by atoms with Crippen LogP contribution >= 0.6 is 0 Å². The van der Waals surface area contributed by atoms with Gasteiger partial charge in [-0.3, -0.25) is 0 Å². The molecule has 19 heavy (non-hydrogen) atoms. The second-order valence-corrected chi connectivity index (χ2v) is 5.94. The maximum absolute atomic E-state index is 12.1. The molecule has 5 nitrogen and oxygen atoms in total. The molecule has 0 aromatic heterocycles. The molecule has 1 saturated heterocycles. The maximum Gasteiger partial charge on any atom is 0.317 e. The lowest BCUT2D eigenvalue weighted by molar-refractivity contribution is -0.0549. The summed E-state index contributed by atoms with van der Waals surface area (Å²) in [6.07, 6.45) is 0.198. The summed E-state index contributed by atoms with van der Waals surface area (Å²) in [7, 11) is 0. The number of urea groups is 1. The summed E-state index contributed by atoms with van der Waals surface area (Å²) in [5.41, 5.74) is 0. The smallest absolute Gasteiger partial charge is 0.317 e. The zero-order valence-corrected chi connectivity index (χ0v) is 12.8. The molecule has 1 aliphatic rings. The Balaban J connectivity index is 2.29. The number of hydrogen-bond donors (Lipinski definition) is 1. The van der Waals surface area contributed by atoms with Crippen LogP contribution in [0.15, 0.2) is 0 Å². The third-order valence-corrected chi connectivity index (χ3v) is 2.90. The normalized spacial score (nSPS) is 25.5. The third kappa shape index (κ3) is 6.25. The van der Waals surface area contributed by atoms with Crippen molar-refractivity contribution >= 4 is 6.03 Å². The van der Waals surface area contributed by atoms with Gasteiger partial charge in [-0.2, -0.15) is 0 Å². The summed E-state index contributed by atoms with van der Waals surface area (Å²) in [4.78, 5) is 13.9. The molecule has 0 saturated carbocycles. The van der Waals surface area contributed by atoms with Crippen LogP contribution in [-0.4, -0.2) is 55.5 Å². The molecule has 3 unspecified atom stereocenters. The average molecular weight is 272 g/mol. The number of nitrogens with zero attached hydrogens (tertiary/aromatic N) is 1. The Hall–Kier alpha value is -0.810. The number of amides is 2. The highest BCUT2D eigenvalue weighted by atomic mass is 16.5. The van der Waals surface area contributed by atoms with Gasteiger partial charge in [-0.1, -0.05) is 13.8 Å². The predicted octanol–water partition coefficient (Wildman–Crippen LogP) is 1.87. The molecule has 3 atom stereocenters. The molecule has 0 aromatic carbocycles. The number of morpholine rings is 1. The Morgan fingerprint density at radius 3 is 2.37 bits per heavy atom. The lowest BCUT2D eigenvalue weighted by Crippen LogP contribution is -2.53. The van der Waals surface area contributed by atoms with E-state index < -0.39 is 0 Å². The first-order chi connectivity index (χ1) is 8.88. The van der Waals surface area contributed by atoms with E-state index in [0.29, 0.717) is 25.6 Å². The molecule has 5 heteroatoms. The summed E-state index contributed by atoms with van der Waals surface area (Å²) in [6.45, 7) is 12.7. The fraction of sp³-hybridized carbons (Fsp3) is 0.929. The number of rotatable bonds is 5. The molecular weight excluding hydrogens is 244 g/mol. The summed E-state index contributed by atoms with van der Waals surface area (Å²) < 4.78 is 11.1. The topological polar surface area (TPSA) is 50.8 Å². The van der Waals surface area contributed by atoms with E-state index in [0.717, 1.165) is 6.61 Å². The minimum absolute atomic E-state index is 0.0253. The van der Waals surface area contributed by atoms with Crippen molar-refractivity contribution in [3.63, 3.8) is 0 Å². The highest BCUT2D eigenvalue weighted by Crippen LogP contribution is 2.10. The van der Waals surface area contributed by atoms with Gasteiger partial charge in [0.15, 0.2) is 0 Å². The Labute approximate surface area is 116 Å². The van der Waals surface area contributed by atoms with E-state index >= 15 is 0 Å². The first-order valence-corrected chi connectivity index (χ1v) is 7.17. The highest BCUT2D eigenvalue weighted by Gasteiger charge is 2.26. The minimum atomic E-state index is -0.0253. The fourth-order valence-electron chi connectivity index (χ4n) is 2.17. The molecule has 1 N–H and O–H groups in total. The van der Waals surface area contributed by atoms with Crippen molar-refractivity contribution < 1.29 is 14.3 Å². The van der Waals surface area contributed by atoms with E-state index in [1.54, 1.807) is 0 Å². The van der Waals surface area contributed by atoms with Crippen LogP contribution in [0, 0.1) is 5.92 Å². The molecule has 0 aliphatic carbocycles. The van der Waals surface area contributed by atoms with Crippen LogP contribution in [-0.2, 0) is 9.47 Å². The van der Waals surface area contributed by atoms with Crippen LogP contribution in [0.25, 0.3) is 0 Å². The molecule has 1 rings (SSSR count). The third-order valence-electron chi connectivity index (χ3n) is 2.90. The van der Waals surface area contributed by atoms with Gasteiger partial charge in [0.05, 0.1) is 24.9 Å². The van der Waals surface area contributed by atoms with Gasteiger partial charge in [-0.15, -0.1) is 0 Å². The van der Waals surface area contributed by atoms with Crippen LogP contribution in [0.4, 0.5) is 4.79 Å². The van der Waals surface area contributed by atoms with Crippen LogP contribution in [0.3, 0.4) is 0 Å². The van der Waals surface area contributed by atoms with Gasteiger partial charge in [0, 0.05) is 19.7 Å². The lowest BCUT2D eigenvalue weighted by Gasteiger charge is -2.35. The van der Waals surface area contributed by atoms with Crippen molar-refractivity contribution in [2.24, 2.45) is 5.92 Å². The quantitative estimate of drug-likeness (QED) is 0.831. The first kappa shape index (κ1) is 16.2. The lowest BCUT2D eigenvalue weighted by atomic mass is 10.2. The second-order valence-electron chi connectivity index (χ2n) is 5.94. The van der Waals surface area contributed by atoms with Crippen molar-refractivity contribution in [1.29, 1.82) is 0 Å². The van der Waals surface area contributed by atoms with Gasteiger partial charge >= 0.3 is 6.03 Å². The van der Waals surface area contributed by atoms with Crippen molar-refractivity contribution in [3.05, 3.63) is 0 Å². The monoisotopic (exact) mass is 272 g/mol. The van der Waals surface area contributed by atoms with E-state index in [1.165, 1.54) is 0 Å². The molecule has 2 amide bonds. The number of hydrogen-bond acceptors (Lipinski definition) is 3. The highest BCUT2D eigenvalue weighted by molar-refractivity contribution is 5.74. The Morgan fingerprint density at radius 2 is 1.84 bits per heavy atom. The largest absolute Gasteiger partial charge is 0.379 e. The van der Waals surface area contributed by atoms with Gasteiger partial charge in [0.25, 0.3) is 0 Å². The predicted molar refractivity (Wildman–Crippen MR) is 75.2 cm³/mol. The van der Waals surface area contributed by atoms with Crippen LogP contribution in [0.5, 0.6) is 0 Å². The van der Waals surface area contributed by atoms with E-state index in [2.05, 4.69) is 19.2 Å². The summed E-state index contributed by atoms with van der Waals surface area (Å²) in [5.74, 6) is 0.517. The van der Waals surface area contributed by atoms with Gasteiger partial charge in [-0.25, -0.2) is 4.79 Å². The molecule has 1 heterocycles. The molecule has 112 valence electrons. The van der Waals surface area contributed by atoms with E-state index in [-0.39, 0.29) is 24.3 Å². The van der Waals surface area contributed by atoms with Crippen molar-refractivity contribution in [2.45, 2.75) is 52.9 Å². The summed E-state index contributed by atoms with van der Waals surface area (Å²) in [6, 6.07) is 0.00218. The standard InChI is InChI=1S/C14H28N2O3/c1-10(2)8-18-9-11(3)15-14(17)16-6-12(4)19-13(5)7-16/h10-13H,6-9H2,1-5H3,(H,15,17). The van der Waals surface area contributed by atoms with E-state index in [9.17, 15) is 4.79 Å². The zero-order valence-electron chi connectivity index (χ0n) is 12.8. The number of nitrogens with one attached hydrogen (secondary N) is 1. The maximum atomic E-state index is 12.1. The van der Waals surface area contributed by atoms with Gasteiger partial charge in [0.2, 0.25) is 0 Å². The zero-order chi connectivity index (χ0) is 14.4. The number of carbonyl (C=O) groups is 1. The van der Waals surface area contributed by atoms with Crippen LogP contribution in [0.1, 0.15) is 34.6 Å². The molecule has 0 radical (unpaired) electrons. The SMILES string of the molecule is CC(C)COCC(C)NC(=O)N1CC(C)OC(C)C1. The average Bonchev–Trinajstić information content (AvgIpc) is 2.26. The second kappa shape index (κ2) is 7.70. The van der Waals surface area contributed by atoms with Crippen LogP contribution in [0.2, 0.25) is 0 Å². The van der Waals surface area contributed by atoms with Crippen molar-refractivity contribution in [3.8, 4) is 0 Å². The minimum Gasteiger partial charge on any atom is -0.379 e. The van der Waals surface area contributed by atoms with Gasteiger partial charge in [-0.05, 0) is 26.7 Å². The first-order valence-electron chi connectivity index (χ1n) is 7.17. The summed E-state index contributed by atoms with van der Waals surface area (Å²) in [5, 5.41) is 2.97. The van der Waals surface area contributed by atoms with Crippen molar-refractivity contribution in [2.75, 3.05) is 26.3 Å². The van der Waals surface area contributed by atoms with Gasteiger partial charge in [0.1, 0.15) is 0 Å². The molecule has 1 fully saturated rings. The Bertz CT molecular complexity index is 274. The molecule has 0 aromatic rings. The van der Waals surface area contributed by atoms with Crippen molar-refractivity contribution in [1.82, 2.24) is 10.2 Å². The van der Waals surface area contributed by atoms with Gasteiger partial charge < -0.3 is 19.7 Å². The number of carbonyl (C=O) groups excluding carboxylic acids is 1. The van der Waals surface area contributed by atoms with E-state index in [1.807, 2.05) is 25.7 Å². The Morgan fingerprint density at radius 1 is 1.26 bits per heavy atom. The molecule has 0 bridgehead atoms.